The Balaban J connectivity index is 2.03. The summed E-state index contributed by atoms with van der Waals surface area (Å²) in [7, 11) is 0. The van der Waals surface area contributed by atoms with Crippen molar-refractivity contribution in [3.05, 3.63) is 100 Å². The number of aromatic nitrogens is 1. The van der Waals surface area contributed by atoms with Gasteiger partial charge >= 0.3 is 6.18 Å². The van der Waals surface area contributed by atoms with Crippen LogP contribution in [0.5, 0.6) is 0 Å². The van der Waals surface area contributed by atoms with Crippen LogP contribution in [0.25, 0.3) is 16.6 Å². The van der Waals surface area contributed by atoms with Crippen molar-refractivity contribution in [3.63, 3.8) is 0 Å². The highest BCUT2D eigenvalue weighted by Gasteiger charge is 2.32. The quantitative estimate of drug-likeness (QED) is 0.337. The molecule has 0 atom stereocenters. The van der Waals surface area contributed by atoms with E-state index in [2.05, 4.69) is 0 Å². The van der Waals surface area contributed by atoms with E-state index in [1.807, 2.05) is 0 Å². The summed E-state index contributed by atoms with van der Waals surface area (Å²) in [6, 6.07) is 18.9. The minimum absolute atomic E-state index is 0.236. The maximum atomic E-state index is 13.3. The average molecular weight is 414 g/mol. The number of benzene rings is 3. The number of rotatable bonds is 3. The van der Waals surface area contributed by atoms with Crippen LogP contribution in [0.4, 0.5) is 13.2 Å². The summed E-state index contributed by atoms with van der Waals surface area (Å²) >= 11 is 5.97. The fourth-order valence-electron chi connectivity index (χ4n) is 3.54. The molecule has 29 heavy (non-hydrogen) atoms. The molecular formula is C23H15ClF3NO. The third kappa shape index (κ3) is 3.42. The Morgan fingerprint density at radius 3 is 2.21 bits per heavy atom. The van der Waals surface area contributed by atoms with Gasteiger partial charge in [-0.3, -0.25) is 4.79 Å². The first-order valence-corrected chi connectivity index (χ1v) is 9.23. The molecule has 2 nitrogen and oxygen atoms in total. The van der Waals surface area contributed by atoms with Gasteiger partial charge in [0, 0.05) is 27.4 Å². The Labute approximate surface area is 170 Å². The van der Waals surface area contributed by atoms with E-state index in [-0.39, 0.29) is 5.78 Å². The summed E-state index contributed by atoms with van der Waals surface area (Å²) in [4.78, 5) is 13.2. The SMILES string of the molecule is Cc1c(C(=O)c2ccccc2)c2ccc(C(F)(F)F)cc2n1-c1ccc(Cl)cc1. The first-order valence-electron chi connectivity index (χ1n) is 8.85. The van der Waals surface area contributed by atoms with E-state index in [9.17, 15) is 18.0 Å². The zero-order valence-electron chi connectivity index (χ0n) is 15.3. The highest BCUT2D eigenvalue weighted by Crippen LogP contribution is 2.36. The van der Waals surface area contributed by atoms with E-state index in [0.717, 1.165) is 12.1 Å². The number of hydrogen-bond donors (Lipinski definition) is 0. The highest BCUT2D eigenvalue weighted by molar-refractivity contribution is 6.30. The fraction of sp³-hybridized carbons (Fsp3) is 0.0870. The first kappa shape index (κ1) is 19.3. The lowest BCUT2D eigenvalue weighted by Gasteiger charge is -2.11. The van der Waals surface area contributed by atoms with Crippen molar-refractivity contribution < 1.29 is 18.0 Å². The molecule has 0 radical (unpaired) electrons. The molecule has 1 aromatic heterocycles. The van der Waals surface area contributed by atoms with Crippen LogP contribution < -0.4 is 0 Å². The predicted octanol–water partition coefficient (Wildman–Crippen LogP) is 6.84. The van der Waals surface area contributed by atoms with Gasteiger partial charge in [0.25, 0.3) is 0 Å². The molecule has 3 aromatic carbocycles. The Bertz CT molecular complexity index is 1210. The van der Waals surface area contributed by atoms with Crippen molar-refractivity contribution in [2.45, 2.75) is 13.1 Å². The van der Waals surface area contributed by atoms with Crippen molar-refractivity contribution in [1.82, 2.24) is 4.57 Å². The van der Waals surface area contributed by atoms with Gasteiger partial charge in [-0.25, -0.2) is 0 Å². The Hall–Kier alpha value is -3.05. The molecule has 0 bridgehead atoms. The smallest absolute Gasteiger partial charge is 0.313 e. The molecule has 0 saturated heterocycles. The monoisotopic (exact) mass is 413 g/mol. The van der Waals surface area contributed by atoms with Crippen molar-refractivity contribution in [3.8, 4) is 5.69 Å². The molecule has 146 valence electrons. The first-order chi connectivity index (χ1) is 13.8. The third-order valence-corrected chi connectivity index (χ3v) is 5.13. The number of fused-ring (bicyclic) bond motifs is 1. The molecule has 0 aliphatic heterocycles. The molecule has 0 saturated carbocycles. The second kappa shape index (κ2) is 7.08. The van der Waals surface area contributed by atoms with Crippen LogP contribution >= 0.6 is 11.6 Å². The van der Waals surface area contributed by atoms with Gasteiger partial charge in [-0.1, -0.05) is 48.0 Å². The predicted molar refractivity (Wildman–Crippen MR) is 108 cm³/mol. The van der Waals surface area contributed by atoms with Gasteiger partial charge in [-0.05, 0) is 43.3 Å². The molecule has 6 heteroatoms. The number of carbonyl (C=O) groups is 1. The molecule has 0 amide bonds. The van der Waals surface area contributed by atoms with Gasteiger partial charge in [0.2, 0.25) is 0 Å². The molecule has 0 aliphatic carbocycles. The van der Waals surface area contributed by atoms with Gasteiger partial charge < -0.3 is 4.57 Å². The van der Waals surface area contributed by atoms with Crippen molar-refractivity contribution in [1.29, 1.82) is 0 Å². The van der Waals surface area contributed by atoms with E-state index in [1.54, 1.807) is 66.1 Å². The van der Waals surface area contributed by atoms with Crippen LogP contribution in [0.15, 0.2) is 72.8 Å². The summed E-state index contributed by atoms with van der Waals surface area (Å²) in [5.74, 6) is -0.236. The number of carbonyl (C=O) groups excluding carboxylic acids is 1. The zero-order chi connectivity index (χ0) is 20.8. The average Bonchev–Trinajstić information content (AvgIpc) is 2.99. The van der Waals surface area contributed by atoms with Crippen LogP contribution in [0.1, 0.15) is 27.2 Å². The molecule has 0 fully saturated rings. The molecule has 0 aliphatic rings. The van der Waals surface area contributed by atoms with Crippen LogP contribution in [-0.2, 0) is 6.18 Å². The van der Waals surface area contributed by atoms with Crippen LogP contribution in [0.2, 0.25) is 5.02 Å². The van der Waals surface area contributed by atoms with E-state index >= 15 is 0 Å². The van der Waals surface area contributed by atoms with Crippen molar-refractivity contribution >= 4 is 28.3 Å². The van der Waals surface area contributed by atoms with Crippen LogP contribution in [0.3, 0.4) is 0 Å². The lowest BCUT2D eigenvalue weighted by molar-refractivity contribution is -0.137. The standard InChI is InChI=1S/C23H15ClF3NO/c1-14-21(22(29)15-5-3-2-4-6-15)19-12-7-16(23(25,26)27)13-20(19)28(14)18-10-8-17(24)9-11-18/h2-13H,1H3. The minimum atomic E-state index is -4.49. The highest BCUT2D eigenvalue weighted by atomic mass is 35.5. The summed E-state index contributed by atoms with van der Waals surface area (Å²) < 4.78 is 41.7. The number of ketones is 1. The number of nitrogens with zero attached hydrogens (tertiary/aromatic N) is 1. The largest absolute Gasteiger partial charge is 0.416 e. The lowest BCUT2D eigenvalue weighted by atomic mass is 10.00. The third-order valence-electron chi connectivity index (χ3n) is 4.88. The van der Waals surface area contributed by atoms with Crippen LogP contribution in [0, 0.1) is 6.92 Å². The normalized spacial score (nSPS) is 11.8. The van der Waals surface area contributed by atoms with Gasteiger partial charge in [-0.15, -0.1) is 0 Å². The van der Waals surface area contributed by atoms with Crippen molar-refractivity contribution in [2.24, 2.45) is 0 Å². The second-order valence-corrected chi connectivity index (χ2v) is 7.13. The van der Waals surface area contributed by atoms with E-state index in [4.69, 9.17) is 11.6 Å². The molecule has 0 N–H and O–H groups in total. The van der Waals surface area contributed by atoms with Gasteiger partial charge in [0.05, 0.1) is 16.6 Å². The molecule has 1 heterocycles. The second-order valence-electron chi connectivity index (χ2n) is 6.70. The summed E-state index contributed by atoms with van der Waals surface area (Å²) in [6.07, 6.45) is -4.49. The van der Waals surface area contributed by atoms with E-state index < -0.39 is 11.7 Å². The summed E-state index contributed by atoms with van der Waals surface area (Å²) in [5, 5.41) is 0.985. The fourth-order valence-corrected chi connectivity index (χ4v) is 3.66. The van der Waals surface area contributed by atoms with Crippen molar-refractivity contribution in [2.75, 3.05) is 0 Å². The molecule has 4 rings (SSSR count). The number of alkyl halides is 3. The maximum Gasteiger partial charge on any atom is 0.416 e. The topological polar surface area (TPSA) is 22.0 Å². The number of hydrogen-bond acceptors (Lipinski definition) is 1. The summed E-state index contributed by atoms with van der Waals surface area (Å²) in [6.45, 7) is 1.73. The lowest BCUT2D eigenvalue weighted by Crippen LogP contribution is -2.05. The number of halogens is 4. The Morgan fingerprint density at radius 2 is 1.59 bits per heavy atom. The van der Waals surface area contributed by atoms with Crippen LogP contribution in [-0.4, -0.2) is 10.4 Å². The Morgan fingerprint density at radius 1 is 0.931 bits per heavy atom. The van der Waals surface area contributed by atoms with Gasteiger partial charge in [0.1, 0.15) is 0 Å². The zero-order valence-corrected chi connectivity index (χ0v) is 16.1. The van der Waals surface area contributed by atoms with Gasteiger partial charge in [0.15, 0.2) is 5.78 Å². The van der Waals surface area contributed by atoms with E-state index in [1.165, 1.54) is 6.07 Å². The minimum Gasteiger partial charge on any atom is -0.313 e. The maximum absolute atomic E-state index is 13.3. The molecule has 0 spiro atoms. The molecular weight excluding hydrogens is 399 g/mol. The van der Waals surface area contributed by atoms with Gasteiger partial charge in [-0.2, -0.15) is 13.2 Å². The molecule has 4 aromatic rings. The molecule has 0 unspecified atom stereocenters. The van der Waals surface area contributed by atoms with E-state index in [0.29, 0.717) is 38.4 Å². The summed E-state index contributed by atoms with van der Waals surface area (Å²) in [5.41, 5.74) is 1.61. The Kier molecular flexibility index (Phi) is 4.71.